The minimum atomic E-state index is -0.500. The minimum Gasteiger partial charge on any atom is -0.450 e. The van der Waals surface area contributed by atoms with Crippen LogP contribution >= 0.6 is 0 Å². The first-order valence-corrected chi connectivity index (χ1v) is 6.76. The van der Waals surface area contributed by atoms with Gasteiger partial charge in [-0.05, 0) is 23.1 Å². The van der Waals surface area contributed by atoms with E-state index in [1.807, 2.05) is 12.1 Å². The summed E-state index contributed by atoms with van der Waals surface area (Å²) in [6.07, 6.45) is 0.0491. The van der Waals surface area contributed by atoms with Crippen molar-refractivity contribution in [3.8, 4) is 6.07 Å². The summed E-state index contributed by atoms with van der Waals surface area (Å²) >= 11 is 0. The van der Waals surface area contributed by atoms with Crippen LogP contribution in [0.5, 0.6) is 0 Å². The van der Waals surface area contributed by atoms with Crippen molar-refractivity contribution in [1.82, 2.24) is 5.32 Å². The fourth-order valence-corrected chi connectivity index (χ4v) is 1.69. The van der Waals surface area contributed by atoms with E-state index >= 15 is 0 Å². The van der Waals surface area contributed by atoms with Crippen molar-refractivity contribution in [2.24, 2.45) is 0 Å². The van der Waals surface area contributed by atoms with Gasteiger partial charge in [-0.25, -0.2) is 0 Å². The van der Waals surface area contributed by atoms with E-state index in [1.165, 1.54) is 0 Å². The molecule has 112 valence electrons. The van der Waals surface area contributed by atoms with Crippen molar-refractivity contribution in [2.45, 2.75) is 32.6 Å². The second-order valence-corrected chi connectivity index (χ2v) is 5.65. The fraction of sp³-hybridized carbons (Fsp3) is 0.438. The molecule has 1 amide bonds. The quantitative estimate of drug-likeness (QED) is 0.842. The number of hydrogen-bond acceptors (Lipinski definition) is 4. The van der Waals surface area contributed by atoms with Crippen molar-refractivity contribution < 1.29 is 14.3 Å². The van der Waals surface area contributed by atoms with Crippen molar-refractivity contribution in [1.29, 1.82) is 5.26 Å². The smallest absolute Gasteiger partial charge is 0.308 e. The molecule has 0 atom stereocenters. The molecule has 1 N–H and O–H groups in total. The van der Waals surface area contributed by atoms with Crippen molar-refractivity contribution in [3.05, 3.63) is 35.4 Å². The third kappa shape index (κ3) is 5.65. The number of benzene rings is 1. The molecule has 0 saturated carbocycles. The zero-order chi connectivity index (χ0) is 15.9. The normalized spacial score (nSPS) is 10.6. The first-order valence-electron chi connectivity index (χ1n) is 6.76. The lowest BCUT2D eigenvalue weighted by atomic mass is 9.87. The van der Waals surface area contributed by atoms with Gasteiger partial charge in [-0.2, -0.15) is 5.26 Å². The highest BCUT2D eigenvalue weighted by molar-refractivity contribution is 5.94. The molecule has 1 aromatic rings. The first kappa shape index (κ1) is 16.7. The number of esters is 1. The van der Waals surface area contributed by atoms with Crippen LogP contribution in [0.15, 0.2) is 24.3 Å². The van der Waals surface area contributed by atoms with Crippen molar-refractivity contribution >= 4 is 11.9 Å². The van der Waals surface area contributed by atoms with Gasteiger partial charge in [0.2, 0.25) is 0 Å². The van der Waals surface area contributed by atoms with Crippen LogP contribution in [0.25, 0.3) is 0 Å². The van der Waals surface area contributed by atoms with Gasteiger partial charge in [0.1, 0.15) is 6.07 Å². The van der Waals surface area contributed by atoms with E-state index in [0.717, 1.165) is 5.56 Å². The average Bonchev–Trinajstić information content (AvgIpc) is 2.44. The Morgan fingerprint density at radius 3 is 2.38 bits per heavy atom. The summed E-state index contributed by atoms with van der Waals surface area (Å²) < 4.78 is 4.58. The standard InChI is InChI=1S/C16H20N2O3/c1-16(2,3)13-6-4-12(5-7-13)15(20)18-10-8-14(19)21-11-9-17/h4-7H,8,10-11H2,1-3H3,(H,18,20). The highest BCUT2D eigenvalue weighted by Gasteiger charge is 2.14. The molecule has 1 rings (SSSR count). The second-order valence-electron chi connectivity index (χ2n) is 5.65. The summed E-state index contributed by atoms with van der Waals surface area (Å²) in [7, 11) is 0. The van der Waals surface area contributed by atoms with E-state index in [9.17, 15) is 9.59 Å². The van der Waals surface area contributed by atoms with Gasteiger partial charge in [-0.15, -0.1) is 0 Å². The third-order valence-corrected chi connectivity index (χ3v) is 2.93. The summed E-state index contributed by atoms with van der Waals surface area (Å²) in [5.41, 5.74) is 1.74. The average molecular weight is 288 g/mol. The Labute approximate surface area is 124 Å². The van der Waals surface area contributed by atoms with Gasteiger partial charge in [0.15, 0.2) is 6.61 Å². The third-order valence-electron chi connectivity index (χ3n) is 2.93. The van der Waals surface area contributed by atoms with E-state index in [1.54, 1.807) is 18.2 Å². The van der Waals surface area contributed by atoms with E-state index in [2.05, 4.69) is 30.8 Å². The molecular formula is C16H20N2O3. The molecule has 0 spiro atoms. The first-order chi connectivity index (χ1) is 9.84. The van der Waals surface area contributed by atoms with Gasteiger partial charge in [0, 0.05) is 12.1 Å². The Balaban J connectivity index is 2.46. The summed E-state index contributed by atoms with van der Waals surface area (Å²) in [4.78, 5) is 23.0. The molecule has 5 nitrogen and oxygen atoms in total. The Kier molecular flexibility index (Phi) is 5.92. The number of rotatable bonds is 5. The number of ether oxygens (including phenoxy) is 1. The molecule has 0 aromatic heterocycles. The number of nitrogens with one attached hydrogen (secondary N) is 1. The van der Waals surface area contributed by atoms with E-state index in [4.69, 9.17) is 5.26 Å². The molecule has 0 aliphatic heterocycles. The monoisotopic (exact) mass is 288 g/mol. The van der Waals surface area contributed by atoms with Crippen LogP contribution in [0, 0.1) is 11.3 Å². The number of nitrogens with zero attached hydrogens (tertiary/aromatic N) is 1. The molecule has 1 aromatic carbocycles. The number of nitriles is 1. The van der Waals surface area contributed by atoms with Crippen molar-refractivity contribution in [2.75, 3.05) is 13.2 Å². The fourth-order valence-electron chi connectivity index (χ4n) is 1.69. The molecular weight excluding hydrogens is 268 g/mol. The Bertz CT molecular complexity index is 536. The summed E-state index contributed by atoms with van der Waals surface area (Å²) in [6.45, 7) is 6.24. The van der Waals surface area contributed by atoms with Crippen LogP contribution in [-0.2, 0) is 14.9 Å². The molecule has 0 fully saturated rings. The highest BCUT2D eigenvalue weighted by atomic mass is 16.5. The van der Waals surface area contributed by atoms with Gasteiger partial charge in [-0.3, -0.25) is 9.59 Å². The molecule has 0 aliphatic rings. The number of hydrogen-bond donors (Lipinski definition) is 1. The summed E-state index contributed by atoms with van der Waals surface area (Å²) in [5, 5.41) is 10.9. The van der Waals surface area contributed by atoms with Gasteiger partial charge in [0.05, 0.1) is 6.42 Å². The van der Waals surface area contributed by atoms with Gasteiger partial charge >= 0.3 is 5.97 Å². The minimum absolute atomic E-state index is 0.0412. The van der Waals surface area contributed by atoms with Crippen LogP contribution in [0.3, 0.4) is 0 Å². The zero-order valence-corrected chi connectivity index (χ0v) is 12.6. The zero-order valence-electron chi connectivity index (χ0n) is 12.6. The van der Waals surface area contributed by atoms with E-state index < -0.39 is 5.97 Å². The molecule has 5 heteroatoms. The van der Waals surface area contributed by atoms with Crippen LogP contribution in [-0.4, -0.2) is 25.0 Å². The van der Waals surface area contributed by atoms with Crippen LogP contribution in [0.2, 0.25) is 0 Å². The van der Waals surface area contributed by atoms with Crippen LogP contribution < -0.4 is 5.32 Å². The Morgan fingerprint density at radius 1 is 1.24 bits per heavy atom. The van der Waals surface area contributed by atoms with Crippen LogP contribution in [0.1, 0.15) is 43.1 Å². The summed E-state index contributed by atoms with van der Waals surface area (Å²) in [6, 6.07) is 9.10. The summed E-state index contributed by atoms with van der Waals surface area (Å²) in [5.74, 6) is -0.733. The predicted molar refractivity (Wildman–Crippen MR) is 78.7 cm³/mol. The van der Waals surface area contributed by atoms with Crippen LogP contribution in [0.4, 0.5) is 0 Å². The molecule has 21 heavy (non-hydrogen) atoms. The SMILES string of the molecule is CC(C)(C)c1ccc(C(=O)NCCC(=O)OCC#N)cc1. The molecule has 0 radical (unpaired) electrons. The maximum absolute atomic E-state index is 11.9. The maximum atomic E-state index is 11.9. The van der Waals surface area contributed by atoms with Gasteiger partial charge in [-0.1, -0.05) is 32.9 Å². The largest absolute Gasteiger partial charge is 0.450 e. The molecule has 0 heterocycles. The van der Waals surface area contributed by atoms with E-state index in [0.29, 0.717) is 5.56 Å². The number of amides is 1. The Morgan fingerprint density at radius 2 is 1.86 bits per heavy atom. The number of carbonyl (C=O) groups excluding carboxylic acids is 2. The maximum Gasteiger partial charge on any atom is 0.308 e. The lowest BCUT2D eigenvalue weighted by Crippen LogP contribution is -2.26. The lowest BCUT2D eigenvalue weighted by molar-refractivity contribution is -0.142. The second kappa shape index (κ2) is 7.44. The molecule has 0 saturated heterocycles. The topological polar surface area (TPSA) is 79.2 Å². The highest BCUT2D eigenvalue weighted by Crippen LogP contribution is 2.22. The van der Waals surface area contributed by atoms with E-state index in [-0.39, 0.29) is 30.9 Å². The van der Waals surface area contributed by atoms with Crippen molar-refractivity contribution in [3.63, 3.8) is 0 Å². The molecule has 0 aliphatic carbocycles. The number of carbonyl (C=O) groups is 2. The molecule has 0 unspecified atom stereocenters. The lowest BCUT2D eigenvalue weighted by Gasteiger charge is -2.19. The molecule has 0 bridgehead atoms. The Hall–Kier alpha value is -2.35. The predicted octanol–water partition coefficient (Wildman–Crippen LogP) is 2.17. The van der Waals surface area contributed by atoms with Gasteiger partial charge < -0.3 is 10.1 Å². The van der Waals surface area contributed by atoms with Gasteiger partial charge in [0.25, 0.3) is 5.91 Å².